The van der Waals surface area contributed by atoms with Crippen molar-refractivity contribution in [2.75, 3.05) is 0 Å². The molecule has 0 amide bonds. The van der Waals surface area contributed by atoms with E-state index in [1.807, 2.05) is 0 Å². The van der Waals surface area contributed by atoms with Crippen molar-refractivity contribution < 1.29 is 0 Å². The SMILES string of the molecule is c1ccc([SiH](c2ccccc2P(c2ccccc2)c2ccccc2)c2ccccc2P(c2ccccc2)c2ccccc2)cc1. The van der Waals surface area contributed by atoms with Crippen LogP contribution in [0.5, 0.6) is 0 Å². The van der Waals surface area contributed by atoms with E-state index in [9.17, 15) is 0 Å². The maximum Gasteiger partial charge on any atom is 0.134 e. The number of hydrogen-bond donors (Lipinski definition) is 0. The molecule has 0 unspecified atom stereocenters. The lowest BCUT2D eigenvalue weighted by Gasteiger charge is -2.29. The largest absolute Gasteiger partial charge is 0.134 e. The van der Waals surface area contributed by atoms with Crippen LogP contribution >= 0.6 is 15.8 Å². The van der Waals surface area contributed by atoms with Crippen LogP contribution in [-0.4, -0.2) is 8.80 Å². The summed E-state index contributed by atoms with van der Waals surface area (Å²) in [4.78, 5) is 0. The van der Waals surface area contributed by atoms with E-state index in [0.29, 0.717) is 0 Å². The lowest BCUT2D eigenvalue weighted by molar-refractivity contribution is 1.73. The van der Waals surface area contributed by atoms with Gasteiger partial charge in [-0.15, -0.1) is 0 Å². The van der Waals surface area contributed by atoms with Crippen LogP contribution in [0.3, 0.4) is 0 Å². The van der Waals surface area contributed by atoms with Gasteiger partial charge >= 0.3 is 0 Å². The zero-order chi connectivity index (χ0) is 30.3. The fraction of sp³-hybridized carbons (Fsp3) is 0. The third-order valence-corrected chi connectivity index (χ3v) is 17.0. The topological polar surface area (TPSA) is 0 Å². The minimum atomic E-state index is -1.96. The van der Waals surface area contributed by atoms with Gasteiger partial charge in [-0.25, -0.2) is 0 Å². The fourth-order valence-corrected chi connectivity index (χ4v) is 15.5. The minimum absolute atomic E-state index is 0.753. The highest BCUT2D eigenvalue weighted by molar-refractivity contribution is 7.81. The molecular weight excluding hydrogens is 594 g/mol. The molecule has 7 aromatic rings. The van der Waals surface area contributed by atoms with Gasteiger partial charge in [0.25, 0.3) is 0 Å². The van der Waals surface area contributed by atoms with Crippen molar-refractivity contribution in [3.63, 3.8) is 0 Å². The van der Waals surface area contributed by atoms with Crippen LogP contribution < -0.4 is 47.4 Å². The first kappa shape index (κ1) is 29.3. The van der Waals surface area contributed by atoms with E-state index in [1.54, 1.807) is 0 Å². The Kier molecular flexibility index (Phi) is 9.22. The van der Waals surface area contributed by atoms with Crippen LogP contribution in [0.15, 0.2) is 200 Å². The second-order valence-corrected chi connectivity index (χ2v) is 18.1. The van der Waals surface area contributed by atoms with Gasteiger partial charge in [0.1, 0.15) is 8.80 Å². The summed E-state index contributed by atoms with van der Waals surface area (Å²) < 4.78 is 0. The molecule has 0 saturated heterocycles. The van der Waals surface area contributed by atoms with Crippen molar-refractivity contribution in [3.8, 4) is 0 Å². The molecule has 0 fully saturated rings. The van der Waals surface area contributed by atoms with E-state index in [0.717, 1.165) is 0 Å². The first-order valence-electron chi connectivity index (χ1n) is 15.4. The van der Waals surface area contributed by atoms with Gasteiger partial charge < -0.3 is 0 Å². The van der Waals surface area contributed by atoms with E-state index in [4.69, 9.17) is 0 Å². The van der Waals surface area contributed by atoms with Crippen LogP contribution in [-0.2, 0) is 0 Å². The highest BCUT2D eigenvalue weighted by Crippen LogP contribution is 2.34. The molecule has 0 aromatic heterocycles. The van der Waals surface area contributed by atoms with E-state index >= 15 is 0 Å². The molecule has 0 nitrogen and oxygen atoms in total. The van der Waals surface area contributed by atoms with E-state index < -0.39 is 24.6 Å². The summed E-state index contributed by atoms with van der Waals surface area (Å²) in [5.74, 6) is 0. The van der Waals surface area contributed by atoms with Crippen LogP contribution in [0.1, 0.15) is 0 Å². The van der Waals surface area contributed by atoms with Gasteiger partial charge in [-0.3, -0.25) is 0 Å². The number of rotatable bonds is 9. The summed E-state index contributed by atoms with van der Waals surface area (Å²) in [6.07, 6.45) is 0. The van der Waals surface area contributed by atoms with Crippen LogP contribution in [0, 0.1) is 0 Å². The Morgan fingerprint density at radius 3 is 0.867 bits per heavy atom. The van der Waals surface area contributed by atoms with E-state index in [1.165, 1.54) is 47.4 Å². The van der Waals surface area contributed by atoms with Gasteiger partial charge in [-0.05, 0) is 58.0 Å². The van der Waals surface area contributed by atoms with Crippen molar-refractivity contribution in [1.29, 1.82) is 0 Å². The lowest BCUT2D eigenvalue weighted by atomic mass is 10.3. The van der Waals surface area contributed by atoms with Crippen molar-refractivity contribution in [2.24, 2.45) is 0 Å². The Labute approximate surface area is 271 Å². The van der Waals surface area contributed by atoms with Crippen LogP contribution in [0.2, 0.25) is 0 Å². The fourth-order valence-electron chi connectivity index (χ4n) is 6.21. The molecule has 0 radical (unpaired) electrons. The second kappa shape index (κ2) is 14.1. The first-order valence-corrected chi connectivity index (χ1v) is 19.8. The highest BCUT2D eigenvalue weighted by Gasteiger charge is 2.30. The summed E-state index contributed by atoms with van der Waals surface area (Å²) in [5.41, 5.74) is 0. The van der Waals surface area contributed by atoms with Crippen LogP contribution in [0.25, 0.3) is 0 Å². The van der Waals surface area contributed by atoms with Gasteiger partial charge in [0, 0.05) is 0 Å². The molecule has 0 N–H and O–H groups in total. The van der Waals surface area contributed by atoms with Gasteiger partial charge in [-0.2, -0.15) is 0 Å². The van der Waals surface area contributed by atoms with E-state index in [-0.39, 0.29) is 0 Å². The summed E-state index contributed by atoms with van der Waals surface area (Å²) in [7, 11) is -3.47. The molecule has 0 atom stereocenters. The zero-order valence-corrected chi connectivity index (χ0v) is 28.0. The Bertz CT molecular complexity index is 1740. The average Bonchev–Trinajstić information content (AvgIpc) is 3.12. The number of hydrogen-bond acceptors (Lipinski definition) is 0. The minimum Gasteiger partial charge on any atom is -0.0625 e. The quantitative estimate of drug-likeness (QED) is 0.113. The van der Waals surface area contributed by atoms with Crippen molar-refractivity contribution in [1.82, 2.24) is 0 Å². The molecule has 0 aliphatic carbocycles. The molecular formula is C42H34P2Si. The second-order valence-electron chi connectivity index (χ2n) is 11.0. The lowest BCUT2D eigenvalue weighted by Crippen LogP contribution is -2.60. The molecule has 3 heteroatoms. The summed E-state index contributed by atoms with van der Waals surface area (Å²) in [5, 5.41) is 12.9. The van der Waals surface area contributed by atoms with Crippen LogP contribution in [0.4, 0.5) is 0 Å². The van der Waals surface area contributed by atoms with Crippen molar-refractivity contribution in [2.45, 2.75) is 0 Å². The molecule has 45 heavy (non-hydrogen) atoms. The third kappa shape index (κ3) is 6.40. The summed E-state index contributed by atoms with van der Waals surface area (Å²) in [6.45, 7) is 0. The molecule has 0 saturated carbocycles. The van der Waals surface area contributed by atoms with Gasteiger partial charge in [0.2, 0.25) is 0 Å². The summed E-state index contributed by atoms with van der Waals surface area (Å²) in [6, 6.07) is 74.5. The normalized spacial score (nSPS) is 11.3. The third-order valence-electron chi connectivity index (χ3n) is 8.17. The average molecular weight is 629 g/mol. The van der Waals surface area contributed by atoms with Gasteiger partial charge in [0.15, 0.2) is 0 Å². The molecule has 0 spiro atoms. The number of benzene rings is 7. The van der Waals surface area contributed by atoms with Gasteiger partial charge in [-0.1, -0.05) is 205 Å². The zero-order valence-electron chi connectivity index (χ0n) is 25.0. The molecule has 216 valence electrons. The molecule has 0 bridgehead atoms. The highest BCUT2D eigenvalue weighted by atomic mass is 31.1. The molecule has 7 aromatic carbocycles. The monoisotopic (exact) mass is 628 g/mol. The van der Waals surface area contributed by atoms with Gasteiger partial charge in [0.05, 0.1) is 0 Å². The van der Waals surface area contributed by atoms with Crippen molar-refractivity contribution >= 4 is 72.0 Å². The maximum atomic E-state index is 2.44. The van der Waals surface area contributed by atoms with Crippen molar-refractivity contribution in [3.05, 3.63) is 200 Å². The Morgan fingerprint density at radius 2 is 0.533 bits per heavy atom. The smallest absolute Gasteiger partial charge is 0.0625 e. The molecule has 7 rings (SSSR count). The standard InChI is InChI=1S/C42H34P2Si/c1-6-20-34(21-7-1)43(35-22-8-2-9-23-35)39-30-16-18-32-41(39)45(38-28-14-5-15-29-38)42-33-19-17-31-40(42)44(36-24-10-3-11-25-36)37-26-12-4-13-27-37/h1-33,45H. The Balaban J connectivity index is 1.49. The molecule has 0 heterocycles. The molecule has 0 aliphatic rings. The Hall–Kier alpha value is -4.38. The molecule has 0 aliphatic heterocycles. The Morgan fingerprint density at radius 1 is 0.267 bits per heavy atom. The predicted octanol–water partition coefficient (Wildman–Crippen LogP) is 5.45. The van der Waals surface area contributed by atoms with E-state index in [2.05, 4.69) is 200 Å². The summed E-state index contributed by atoms with van der Waals surface area (Å²) >= 11 is 0. The maximum absolute atomic E-state index is 2.44. The predicted molar refractivity (Wildman–Crippen MR) is 203 cm³/mol. The first-order chi connectivity index (χ1) is 22.4.